The third-order valence-electron chi connectivity index (χ3n) is 3.39. The number of esters is 1. The van der Waals surface area contributed by atoms with E-state index in [4.69, 9.17) is 21.4 Å². The quantitative estimate of drug-likeness (QED) is 0.548. The molecule has 0 atom stereocenters. The average molecular weight is 396 g/mol. The molecule has 2 aromatic rings. The van der Waals surface area contributed by atoms with E-state index in [2.05, 4.69) is 6.58 Å². The van der Waals surface area contributed by atoms with Crippen molar-refractivity contribution in [3.05, 3.63) is 71.8 Å². The molecule has 0 spiro atoms. The summed E-state index contributed by atoms with van der Waals surface area (Å²) < 4.78 is 32.1. The van der Waals surface area contributed by atoms with E-state index in [1.54, 1.807) is 24.3 Å². The predicted molar refractivity (Wildman–Crippen MR) is 100.0 cm³/mol. The molecule has 0 heterocycles. The standard InChI is InChI=1S/C18H18ClNO5S/c1-2-10-20(16-8-6-15(19)7-9-16)26(23,24)17-5-3-4-14(13-17)18(22)25-12-11-21/h2-9,13,21H,1,10-12H2. The number of ether oxygens (including phenoxy) is 1. The monoisotopic (exact) mass is 395 g/mol. The van der Waals surface area contributed by atoms with Crippen LogP contribution in [0.25, 0.3) is 0 Å². The van der Waals surface area contributed by atoms with E-state index in [9.17, 15) is 13.2 Å². The molecule has 0 bridgehead atoms. The van der Waals surface area contributed by atoms with E-state index >= 15 is 0 Å². The van der Waals surface area contributed by atoms with Crippen LogP contribution < -0.4 is 4.31 Å². The SMILES string of the molecule is C=CCN(c1ccc(Cl)cc1)S(=O)(=O)c1cccc(C(=O)OCCO)c1. The second kappa shape index (κ2) is 8.84. The lowest BCUT2D eigenvalue weighted by molar-refractivity contribution is 0.0433. The summed E-state index contributed by atoms with van der Waals surface area (Å²) in [5, 5.41) is 9.21. The van der Waals surface area contributed by atoms with E-state index in [0.717, 1.165) is 4.31 Å². The summed E-state index contributed by atoms with van der Waals surface area (Å²) in [5.41, 5.74) is 0.497. The van der Waals surface area contributed by atoms with Crippen molar-refractivity contribution in [1.29, 1.82) is 0 Å². The number of carbonyl (C=O) groups excluding carboxylic acids is 1. The molecule has 0 fully saturated rings. The summed E-state index contributed by atoms with van der Waals surface area (Å²) >= 11 is 5.86. The first-order valence-electron chi connectivity index (χ1n) is 7.67. The number of anilines is 1. The molecule has 8 heteroatoms. The Bertz CT molecular complexity index is 881. The van der Waals surface area contributed by atoms with Crippen molar-refractivity contribution in [3.8, 4) is 0 Å². The van der Waals surface area contributed by atoms with Gasteiger partial charge in [0.15, 0.2) is 0 Å². The molecule has 2 rings (SSSR count). The molecule has 0 unspecified atom stereocenters. The lowest BCUT2D eigenvalue weighted by Crippen LogP contribution is -2.31. The second-order valence-corrected chi connectivity index (χ2v) is 7.49. The van der Waals surface area contributed by atoms with Crippen LogP contribution in [0.15, 0.2) is 66.1 Å². The molecular weight excluding hydrogens is 378 g/mol. The number of rotatable bonds is 8. The highest BCUT2D eigenvalue weighted by molar-refractivity contribution is 7.92. The largest absolute Gasteiger partial charge is 0.460 e. The summed E-state index contributed by atoms with van der Waals surface area (Å²) in [5.74, 6) is -0.710. The molecule has 0 radical (unpaired) electrons. The molecule has 0 amide bonds. The summed E-state index contributed by atoms with van der Waals surface area (Å²) in [6.07, 6.45) is 1.46. The zero-order valence-electron chi connectivity index (χ0n) is 13.8. The molecule has 0 aliphatic rings. The van der Waals surface area contributed by atoms with Gasteiger partial charge in [-0.25, -0.2) is 13.2 Å². The average Bonchev–Trinajstić information content (AvgIpc) is 2.65. The van der Waals surface area contributed by atoms with E-state index in [0.29, 0.717) is 10.7 Å². The highest BCUT2D eigenvalue weighted by Gasteiger charge is 2.25. The van der Waals surface area contributed by atoms with Crippen LogP contribution in [0, 0.1) is 0 Å². The van der Waals surface area contributed by atoms with Gasteiger partial charge in [0.2, 0.25) is 0 Å². The molecule has 2 aromatic carbocycles. The van der Waals surface area contributed by atoms with Crippen molar-refractivity contribution in [2.24, 2.45) is 0 Å². The molecule has 0 saturated carbocycles. The van der Waals surface area contributed by atoms with Crippen molar-refractivity contribution in [2.45, 2.75) is 4.90 Å². The minimum atomic E-state index is -3.94. The summed E-state index contributed by atoms with van der Waals surface area (Å²) in [4.78, 5) is 11.9. The Balaban J connectivity index is 2.41. The maximum Gasteiger partial charge on any atom is 0.338 e. The summed E-state index contributed by atoms with van der Waals surface area (Å²) in [6, 6.07) is 11.9. The molecule has 26 heavy (non-hydrogen) atoms. The Morgan fingerprint density at radius 1 is 1.23 bits per heavy atom. The lowest BCUT2D eigenvalue weighted by Gasteiger charge is -2.23. The third-order valence-corrected chi connectivity index (χ3v) is 5.43. The van der Waals surface area contributed by atoms with Gasteiger partial charge in [0.25, 0.3) is 10.0 Å². The molecule has 1 N–H and O–H groups in total. The van der Waals surface area contributed by atoms with Gasteiger partial charge in [0, 0.05) is 5.02 Å². The topological polar surface area (TPSA) is 83.9 Å². The fourth-order valence-corrected chi connectivity index (χ4v) is 3.81. The van der Waals surface area contributed by atoms with E-state index in [1.165, 1.54) is 30.3 Å². The first kappa shape index (κ1) is 20.0. The van der Waals surface area contributed by atoms with Crippen molar-refractivity contribution in [1.82, 2.24) is 0 Å². The minimum Gasteiger partial charge on any atom is -0.460 e. The Hall–Kier alpha value is -2.35. The van der Waals surface area contributed by atoms with Crippen LogP contribution in [0.2, 0.25) is 5.02 Å². The normalized spacial score (nSPS) is 11.0. The number of benzene rings is 2. The maximum absolute atomic E-state index is 13.0. The predicted octanol–water partition coefficient (Wildman–Crippen LogP) is 2.87. The van der Waals surface area contributed by atoms with Gasteiger partial charge in [-0.2, -0.15) is 0 Å². The van der Waals surface area contributed by atoms with Crippen LogP contribution in [-0.2, 0) is 14.8 Å². The van der Waals surface area contributed by atoms with Gasteiger partial charge in [-0.15, -0.1) is 6.58 Å². The number of sulfonamides is 1. The minimum absolute atomic E-state index is 0.0448. The molecule has 138 valence electrons. The number of hydrogen-bond acceptors (Lipinski definition) is 5. The number of halogens is 1. The molecule has 0 saturated heterocycles. The van der Waals surface area contributed by atoms with Gasteiger partial charge >= 0.3 is 5.97 Å². The summed E-state index contributed by atoms with van der Waals surface area (Å²) in [7, 11) is -3.94. The summed E-state index contributed by atoms with van der Waals surface area (Å²) in [6.45, 7) is 3.17. The van der Waals surface area contributed by atoms with Gasteiger partial charge in [-0.1, -0.05) is 23.7 Å². The number of nitrogens with zero attached hydrogens (tertiary/aromatic N) is 1. The fourth-order valence-electron chi connectivity index (χ4n) is 2.20. The number of hydrogen-bond donors (Lipinski definition) is 1. The molecule has 0 aromatic heterocycles. The van der Waals surface area contributed by atoms with Crippen LogP contribution >= 0.6 is 11.6 Å². The van der Waals surface area contributed by atoms with Crippen LogP contribution in [0.1, 0.15) is 10.4 Å². The molecule has 6 nitrogen and oxygen atoms in total. The van der Waals surface area contributed by atoms with Crippen molar-refractivity contribution >= 4 is 33.3 Å². The molecule has 0 aliphatic carbocycles. The van der Waals surface area contributed by atoms with Gasteiger partial charge in [0.05, 0.1) is 29.3 Å². The Labute approximate surface area is 157 Å². The van der Waals surface area contributed by atoms with E-state index in [-0.39, 0.29) is 30.2 Å². The molecular formula is C18H18ClNO5S. The third kappa shape index (κ3) is 4.63. The van der Waals surface area contributed by atoms with Gasteiger partial charge in [-0.3, -0.25) is 4.31 Å². The lowest BCUT2D eigenvalue weighted by atomic mass is 10.2. The number of aliphatic hydroxyl groups is 1. The second-order valence-electron chi connectivity index (χ2n) is 5.19. The van der Waals surface area contributed by atoms with Gasteiger partial charge < -0.3 is 9.84 Å². The van der Waals surface area contributed by atoms with Crippen molar-refractivity contribution in [3.63, 3.8) is 0 Å². The zero-order chi connectivity index (χ0) is 19.2. The number of aliphatic hydroxyl groups excluding tert-OH is 1. The number of carbonyl (C=O) groups is 1. The fraction of sp³-hybridized carbons (Fsp3) is 0.167. The Kier molecular flexibility index (Phi) is 6.79. The van der Waals surface area contributed by atoms with Gasteiger partial charge in [-0.05, 0) is 42.5 Å². The highest BCUT2D eigenvalue weighted by atomic mass is 35.5. The Morgan fingerprint density at radius 3 is 2.54 bits per heavy atom. The first-order chi connectivity index (χ1) is 12.4. The van der Waals surface area contributed by atoms with Crippen LogP contribution in [0.3, 0.4) is 0 Å². The van der Waals surface area contributed by atoms with Crippen LogP contribution in [0.4, 0.5) is 5.69 Å². The molecule has 0 aliphatic heterocycles. The van der Waals surface area contributed by atoms with Crippen molar-refractivity contribution in [2.75, 3.05) is 24.1 Å². The maximum atomic E-state index is 13.0. The highest BCUT2D eigenvalue weighted by Crippen LogP contribution is 2.25. The first-order valence-corrected chi connectivity index (χ1v) is 9.49. The van der Waals surface area contributed by atoms with Crippen molar-refractivity contribution < 1.29 is 23.1 Å². The van der Waals surface area contributed by atoms with E-state index < -0.39 is 16.0 Å². The van der Waals surface area contributed by atoms with E-state index in [1.807, 2.05) is 0 Å². The van der Waals surface area contributed by atoms with Crippen LogP contribution in [-0.4, -0.2) is 39.3 Å². The smallest absolute Gasteiger partial charge is 0.338 e. The Morgan fingerprint density at radius 2 is 1.92 bits per heavy atom. The zero-order valence-corrected chi connectivity index (χ0v) is 15.4. The van der Waals surface area contributed by atoms with Gasteiger partial charge in [0.1, 0.15) is 6.61 Å². The van der Waals surface area contributed by atoms with Crippen LogP contribution in [0.5, 0.6) is 0 Å².